The summed E-state index contributed by atoms with van der Waals surface area (Å²) in [4.78, 5) is 10.9. The zero-order valence-electron chi connectivity index (χ0n) is 29.8. The van der Waals surface area contributed by atoms with E-state index in [1.807, 2.05) is 0 Å². The number of hydrogen-bond acceptors (Lipinski definition) is 4. The lowest BCUT2D eigenvalue weighted by Gasteiger charge is -2.39. The third kappa shape index (κ3) is 5.50. The third-order valence-corrected chi connectivity index (χ3v) is 10.1. The van der Waals surface area contributed by atoms with Gasteiger partial charge in [0.25, 0.3) is 0 Å². The molecule has 0 radical (unpaired) electrons. The van der Waals surface area contributed by atoms with Crippen LogP contribution in [0.2, 0.25) is 0 Å². The van der Waals surface area contributed by atoms with E-state index >= 15 is 0 Å². The summed E-state index contributed by atoms with van der Waals surface area (Å²) in [6.45, 7) is 21.8. The molecule has 0 N–H and O–H groups in total. The van der Waals surface area contributed by atoms with Crippen molar-refractivity contribution in [2.24, 2.45) is 27.2 Å². The maximum atomic E-state index is 7.35. The second-order valence-electron chi connectivity index (χ2n) is 15.0. The number of benzene rings is 4. The van der Waals surface area contributed by atoms with E-state index in [2.05, 4.69) is 166 Å². The normalized spacial score (nSPS) is 20.2. The van der Waals surface area contributed by atoms with Crippen LogP contribution in [0.15, 0.2) is 107 Å². The molecule has 0 saturated heterocycles. The van der Waals surface area contributed by atoms with Crippen molar-refractivity contribution in [1.82, 2.24) is 0 Å². The van der Waals surface area contributed by atoms with Crippen molar-refractivity contribution in [2.75, 3.05) is 0 Å². The first-order chi connectivity index (χ1) is 22.3. The maximum absolute atomic E-state index is 7.35. The lowest BCUT2D eigenvalue weighted by Crippen LogP contribution is -2.45. The number of rotatable bonds is 8. The molecule has 4 aromatic carbocycles. The summed E-state index contributed by atoms with van der Waals surface area (Å²) in [7, 11) is 0. The van der Waals surface area contributed by atoms with Gasteiger partial charge in [-0.25, -0.2) is 9.98 Å². The number of nitrogens with zero attached hydrogens (tertiary/aromatic N) is 2. The predicted octanol–water partition coefficient (Wildman–Crippen LogP) is 10.0. The minimum atomic E-state index is -0.788. The minimum Gasteiger partial charge on any atom is -0.462 e. The van der Waals surface area contributed by atoms with Crippen molar-refractivity contribution in [1.29, 1.82) is 0 Å². The van der Waals surface area contributed by atoms with Crippen LogP contribution in [0.3, 0.4) is 0 Å². The molecule has 0 fully saturated rings. The first-order valence-electron chi connectivity index (χ1n) is 17.1. The quantitative estimate of drug-likeness (QED) is 0.195. The molecule has 4 nitrogen and oxygen atoms in total. The van der Waals surface area contributed by atoms with Crippen LogP contribution in [-0.4, -0.2) is 23.9 Å². The molecule has 0 aliphatic carbocycles. The largest absolute Gasteiger partial charge is 0.462 e. The molecule has 4 aromatic rings. The molecule has 6 rings (SSSR count). The van der Waals surface area contributed by atoms with Crippen molar-refractivity contribution in [2.45, 2.75) is 92.5 Å². The monoisotopic (exact) mass is 626 g/mol. The van der Waals surface area contributed by atoms with E-state index in [1.54, 1.807) is 0 Å². The van der Waals surface area contributed by atoms with Gasteiger partial charge >= 0.3 is 0 Å². The highest BCUT2D eigenvalue weighted by Crippen LogP contribution is 2.51. The molecule has 0 saturated carbocycles. The van der Waals surface area contributed by atoms with Crippen molar-refractivity contribution in [3.8, 4) is 0 Å². The van der Waals surface area contributed by atoms with Crippen LogP contribution >= 0.6 is 0 Å². The molecule has 0 bridgehead atoms. The number of aliphatic imine (C=N–C) groups is 2. The average Bonchev–Trinajstić information content (AvgIpc) is 3.66. The minimum absolute atomic E-state index is 0.149. The van der Waals surface area contributed by atoms with Gasteiger partial charge in [0.05, 0.1) is 0 Å². The van der Waals surface area contributed by atoms with Gasteiger partial charge in [0, 0.05) is 22.3 Å². The topological polar surface area (TPSA) is 43.2 Å². The Labute approximate surface area is 282 Å². The molecule has 0 spiro atoms. The molecule has 244 valence electrons. The van der Waals surface area contributed by atoms with Gasteiger partial charge in [-0.3, -0.25) is 0 Å². The van der Waals surface area contributed by atoms with Crippen molar-refractivity contribution < 1.29 is 9.47 Å². The van der Waals surface area contributed by atoms with Crippen LogP contribution in [0.1, 0.15) is 86.1 Å². The zero-order chi connectivity index (χ0) is 33.7. The molecule has 0 unspecified atom stereocenters. The number of aryl methyl sites for hydroxylation is 4. The van der Waals surface area contributed by atoms with E-state index in [4.69, 9.17) is 19.5 Å². The van der Waals surface area contributed by atoms with Crippen LogP contribution in [0.5, 0.6) is 0 Å². The summed E-state index contributed by atoms with van der Waals surface area (Å²) < 4.78 is 14.7. The molecule has 2 aliphatic heterocycles. The Kier molecular flexibility index (Phi) is 8.45. The summed E-state index contributed by atoms with van der Waals surface area (Å²) in [5.74, 6) is 1.73. The lowest BCUT2D eigenvalue weighted by atomic mass is 9.76. The predicted molar refractivity (Wildman–Crippen MR) is 194 cm³/mol. The number of ether oxygens (including phenoxy) is 2. The molecule has 2 aliphatic rings. The molecular formula is C43H50N2O2. The van der Waals surface area contributed by atoms with Crippen LogP contribution < -0.4 is 0 Å². The van der Waals surface area contributed by atoms with Crippen LogP contribution in [0.4, 0.5) is 0 Å². The first-order valence-corrected chi connectivity index (χ1v) is 17.1. The average molecular weight is 627 g/mol. The highest BCUT2D eigenvalue weighted by atomic mass is 16.5. The van der Waals surface area contributed by atoms with Crippen LogP contribution in [-0.2, 0) is 20.7 Å². The van der Waals surface area contributed by atoms with Gasteiger partial charge in [-0.2, -0.15) is 0 Å². The molecule has 2 atom stereocenters. The van der Waals surface area contributed by atoms with E-state index in [1.165, 1.54) is 22.3 Å². The third-order valence-electron chi connectivity index (χ3n) is 10.1. The summed E-state index contributed by atoms with van der Waals surface area (Å²) in [6.07, 6.45) is 0. The van der Waals surface area contributed by atoms with Gasteiger partial charge in [-0.05, 0) is 53.4 Å². The fraction of sp³-hybridized carbons (Fsp3) is 0.395. The van der Waals surface area contributed by atoms with Gasteiger partial charge < -0.3 is 9.47 Å². The van der Waals surface area contributed by atoms with E-state index in [9.17, 15) is 0 Å². The molecule has 47 heavy (non-hydrogen) atoms. The maximum Gasteiger partial charge on any atom is 0.200 e. The first kappa shape index (κ1) is 32.7. The zero-order valence-corrected chi connectivity index (χ0v) is 29.8. The second-order valence-corrected chi connectivity index (χ2v) is 15.0. The highest BCUT2D eigenvalue weighted by molar-refractivity contribution is 6.06. The van der Waals surface area contributed by atoms with Gasteiger partial charge in [0.15, 0.2) is 11.2 Å². The van der Waals surface area contributed by atoms with Gasteiger partial charge in [0.1, 0.15) is 17.5 Å². The Morgan fingerprint density at radius 2 is 0.702 bits per heavy atom. The molecule has 0 aromatic heterocycles. The van der Waals surface area contributed by atoms with Gasteiger partial charge in [0.2, 0.25) is 11.8 Å². The van der Waals surface area contributed by atoms with E-state index < -0.39 is 16.6 Å². The SMILES string of the molecule is Cc1ccc(C2(c3ccc(C)cc3)OC(C(C)(C)C3=N[C@@H](C(C)C)C(c4ccc(C)cc4)(c4ccc(C)cc4)O3)=N[C@H]2C(C)C)cc1. The fourth-order valence-electron chi connectivity index (χ4n) is 7.28. The summed E-state index contributed by atoms with van der Waals surface area (Å²) in [5.41, 5.74) is 6.94. The Morgan fingerprint density at radius 3 is 0.915 bits per heavy atom. The van der Waals surface area contributed by atoms with Crippen LogP contribution in [0, 0.1) is 44.9 Å². The van der Waals surface area contributed by atoms with E-state index in [0.717, 1.165) is 22.3 Å². The van der Waals surface area contributed by atoms with Gasteiger partial charge in [-0.1, -0.05) is 147 Å². The molecule has 2 heterocycles. The molecule has 0 amide bonds. The second kappa shape index (κ2) is 12.1. The van der Waals surface area contributed by atoms with Gasteiger partial charge in [-0.15, -0.1) is 0 Å². The Hall–Kier alpha value is -4.18. The van der Waals surface area contributed by atoms with Crippen molar-refractivity contribution >= 4 is 11.8 Å². The molecule has 4 heteroatoms. The molecular weight excluding hydrogens is 576 g/mol. The summed E-state index contributed by atoms with van der Waals surface area (Å²) >= 11 is 0. The summed E-state index contributed by atoms with van der Waals surface area (Å²) in [5, 5.41) is 0. The Morgan fingerprint density at radius 1 is 0.468 bits per heavy atom. The van der Waals surface area contributed by atoms with Crippen molar-refractivity contribution in [3.63, 3.8) is 0 Å². The Balaban J connectivity index is 1.49. The highest BCUT2D eigenvalue weighted by Gasteiger charge is 2.58. The standard InChI is InChI=1S/C43H50N2O2/c1-27(2)37-42(33-19-11-29(5)12-20-33,34-21-13-30(6)14-22-34)46-39(44-37)41(9,10)40-45-38(28(3)4)43(47-40,35-23-15-31(7)16-24-35)36-25-17-32(8)18-26-36/h11-28,37-38H,1-10H3/t37-,38-/m0/s1. The van der Waals surface area contributed by atoms with E-state index in [-0.39, 0.29) is 23.9 Å². The van der Waals surface area contributed by atoms with Crippen molar-refractivity contribution in [3.05, 3.63) is 142 Å². The lowest BCUT2D eigenvalue weighted by molar-refractivity contribution is 0.0601. The number of hydrogen-bond donors (Lipinski definition) is 0. The Bertz CT molecular complexity index is 1550. The van der Waals surface area contributed by atoms with E-state index in [0.29, 0.717) is 11.8 Å². The smallest absolute Gasteiger partial charge is 0.200 e. The summed E-state index contributed by atoms with van der Waals surface area (Å²) in [6, 6.07) is 34.7. The fourth-order valence-corrected chi connectivity index (χ4v) is 7.28. The van der Waals surface area contributed by atoms with Crippen LogP contribution in [0.25, 0.3) is 0 Å².